The lowest BCUT2D eigenvalue weighted by Crippen LogP contribution is -2.29. The van der Waals surface area contributed by atoms with Gasteiger partial charge in [-0.3, -0.25) is 0 Å². The zero-order chi connectivity index (χ0) is 8.23. The van der Waals surface area contributed by atoms with Crippen LogP contribution in [0, 0.1) is 6.20 Å². The molecule has 2 heteroatoms. The third-order valence-corrected chi connectivity index (χ3v) is 2.28. The van der Waals surface area contributed by atoms with E-state index in [1.165, 1.54) is 19.3 Å². The van der Waals surface area contributed by atoms with Gasteiger partial charge in [0.25, 0.3) is 0 Å². The highest BCUT2D eigenvalue weighted by molar-refractivity contribution is 5.37. The molecule has 0 atom stereocenters. The smallest absolute Gasteiger partial charge is 0.129 e. The zero-order valence-corrected chi connectivity index (χ0v) is 7.16. The van der Waals surface area contributed by atoms with E-state index in [2.05, 4.69) is 22.1 Å². The van der Waals surface area contributed by atoms with Crippen LogP contribution in [0.2, 0.25) is 0 Å². The Bertz CT molecular complexity index is 227. The van der Waals surface area contributed by atoms with Crippen LogP contribution in [0.1, 0.15) is 19.3 Å². The van der Waals surface area contributed by atoms with E-state index >= 15 is 0 Å². The summed E-state index contributed by atoms with van der Waals surface area (Å²) in [7, 11) is 0. The Morgan fingerprint density at radius 3 is 2.75 bits per heavy atom. The van der Waals surface area contributed by atoms with Gasteiger partial charge in [0, 0.05) is 13.1 Å². The van der Waals surface area contributed by atoms with E-state index in [0.29, 0.717) is 0 Å². The lowest BCUT2D eigenvalue weighted by Gasteiger charge is -2.27. The van der Waals surface area contributed by atoms with Gasteiger partial charge in [-0.1, -0.05) is 6.07 Å². The first-order chi connectivity index (χ1) is 5.97. The molecule has 12 heavy (non-hydrogen) atoms. The summed E-state index contributed by atoms with van der Waals surface area (Å²) in [5.74, 6) is 1.08. The van der Waals surface area contributed by atoms with Gasteiger partial charge in [-0.2, -0.15) is 0 Å². The first-order valence-corrected chi connectivity index (χ1v) is 4.55. The maximum absolute atomic E-state index is 4.20. The van der Waals surface area contributed by atoms with Gasteiger partial charge in [0.1, 0.15) is 5.82 Å². The Labute approximate surface area is 73.2 Å². The van der Waals surface area contributed by atoms with Gasteiger partial charge in [0.2, 0.25) is 0 Å². The summed E-state index contributed by atoms with van der Waals surface area (Å²) in [6, 6.07) is 5.90. The van der Waals surface area contributed by atoms with Crippen LogP contribution in [0.4, 0.5) is 5.82 Å². The van der Waals surface area contributed by atoms with Crippen molar-refractivity contribution < 1.29 is 0 Å². The molecule has 2 nitrogen and oxygen atoms in total. The summed E-state index contributed by atoms with van der Waals surface area (Å²) in [6.07, 6.45) is 6.84. The molecule has 0 unspecified atom stereocenters. The minimum atomic E-state index is 1.08. The summed E-state index contributed by atoms with van der Waals surface area (Å²) in [6.45, 7) is 2.32. The lowest BCUT2D eigenvalue weighted by atomic mass is 10.1. The molecule has 63 valence electrons. The molecule has 1 fully saturated rings. The summed E-state index contributed by atoms with van der Waals surface area (Å²) in [4.78, 5) is 6.54. The van der Waals surface area contributed by atoms with Crippen molar-refractivity contribution in [3.63, 3.8) is 0 Å². The first-order valence-electron chi connectivity index (χ1n) is 4.55. The van der Waals surface area contributed by atoms with E-state index in [-0.39, 0.29) is 0 Å². The van der Waals surface area contributed by atoms with Crippen LogP contribution < -0.4 is 4.90 Å². The van der Waals surface area contributed by atoms with Crippen LogP contribution in [0.3, 0.4) is 0 Å². The molecule has 0 amide bonds. The van der Waals surface area contributed by atoms with Gasteiger partial charge in [0.05, 0.1) is 6.20 Å². The van der Waals surface area contributed by atoms with Crippen molar-refractivity contribution in [1.82, 2.24) is 4.98 Å². The van der Waals surface area contributed by atoms with Crippen molar-refractivity contribution in [1.29, 1.82) is 0 Å². The lowest BCUT2D eigenvalue weighted by molar-refractivity contribution is 0.573. The number of rotatable bonds is 1. The molecule has 1 aliphatic heterocycles. The molecular weight excluding hydrogens is 148 g/mol. The van der Waals surface area contributed by atoms with E-state index in [9.17, 15) is 0 Å². The van der Waals surface area contributed by atoms with E-state index in [1.807, 2.05) is 12.1 Å². The molecule has 0 aliphatic carbocycles. The molecule has 1 aromatic rings. The number of hydrogen-bond donors (Lipinski definition) is 0. The highest BCUT2D eigenvalue weighted by atomic mass is 15.2. The maximum Gasteiger partial charge on any atom is 0.129 e. The molecule has 2 heterocycles. The molecule has 0 bridgehead atoms. The SMILES string of the molecule is [c]1cccc(N2CCCCC2)n1. The highest BCUT2D eigenvalue weighted by Gasteiger charge is 2.10. The predicted molar refractivity (Wildman–Crippen MR) is 49.1 cm³/mol. The van der Waals surface area contributed by atoms with Gasteiger partial charge in [0.15, 0.2) is 0 Å². The van der Waals surface area contributed by atoms with E-state index in [1.54, 1.807) is 0 Å². The molecule has 0 spiro atoms. The summed E-state index contributed by atoms with van der Waals surface area (Å²) in [5.41, 5.74) is 0. The van der Waals surface area contributed by atoms with Crippen LogP contribution >= 0.6 is 0 Å². The largest absolute Gasteiger partial charge is 0.357 e. The van der Waals surface area contributed by atoms with E-state index in [4.69, 9.17) is 0 Å². The fourth-order valence-corrected chi connectivity index (χ4v) is 1.62. The Morgan fingerprint density at radius 2 is 2.08 bits per heavy atom. The number of aromatic nitrogens is 1. The topological polar surface area (TPSA) is 16.1 Å². The number of pyridine rings is 1. The summed E-state index contributed by atoms with van der Waals surface area (Å²) >= 11 is 0. The molecule has 2 rings (SSSR count). The van der Waals surface area contributed by atoms with Gasteiger partial charge >= 0.3 is 0 Å². The standard InChI is InChI=1S/C10H13N2/c1-4-8-12(9-5-1)10-6-2-3-7-11-10/h2-3,6H,1,4-5,8-9H2. The third kappa shape index (κ3) is 1.58. The Morgan fingerprint density at radius 1 is 1.25 bits per heavy atom. The van der Waals surface area contributed by atoms with E-state index in [0.717, 1.165) is 18.9 Å². The fourth-order valence-electron chi connectivity index (χ4n) is 1.62. The van der Waals surface area contributed by atoms with Crippen molar-refractivity contribution >= 4 is 5.82 Å². The maximum atomic E-state index is 4.20. The quantitative estimate of drug-likeness (QED) is 0.625. The number of hydrogen-bond acceptors (Lipinski definition) is 2. The first kappa shape index (κ1) is 7.59. The molecular formula is C10H13N2. The Kier molecular flexibility index (Phi) is 2.26. The van der Waals surface area contributed by atoms with Crippen LogP contribution in [0.5, 0.6) is 0 Å². The minimum absolute atomic E-state index is 1.08. The second kappa shape index (κ2) is 3.57. The molecule has 1 aliphatic rings. The molecule has 0 N–H and O–H groups in total. The van der Waals surface area contributed by atoms with Crippen molar-refractivity contribution in [2.45, 2.75) is 19.3 Å². The molecule has 1 aromatic heterocycles. The van der Waals surface area contributed by atoms with Gasteiger partial charge in [-0.25, -0.2) is 4.98 Å². The Balaban J connectivity index is 2.08. The monoisotopic (exact) mass is 161 g/mol. The second-order valence-electron chi connectivity index (χ2n) is 3.17. The number of nitrogens with zero attached hydrogens (tertiary/aromatic N) is 2. The molecule has 0 saturated carbocycles. The third-order valence-electron chi connectivity index (χ3n) is 2.28. The molecule has 1 radical (unpaired) electrons. The number of piperidine rings is 1. The average molecular weight is 161 g/mol. The second-order valence-corrected chi connectivity index (χ2v) is 3.17. The van der Waals surface area contributed by atoms with Crippen molar-refractivity contribution in [2.75, 3.05) is 18.0 Å². The molecule has 1 saturated heterocycles. The van der Waals surface area contributed by atoms with Crippen LogP contribution in [0.25, 0.3) is 0 Å². The normalized spacial score (nSPS) is 17.8. The van der Waals surface area contributed by atoms with Crippen LogP contribution in [0.15, 0.2) is 18.2 Å². The summed E-state index contributed by atoms with van der Waals surface area (Å²) in [5, 5.41) is 0. The fraction of sp³-hybridized carbons (Fsp3) is 0.500. The van der Waals surface area contributed by atoms with Gasteiger partial charge in [-0.15, -0.1) is 0 Å². The minimum Gasteiger partial charge on any atom is -0.357 e. The Hall–Kier alpha value is -1.05. The van der Waals surface area contributed by atoms with Crippen molar-refractivity contribution in [2.24, 2.45) is 0 Å². The van der Waals surface area contributed by atoms with E-state index < -0.39 is 0 Å². The van der Waals surface area contributed by atoms with Crippen LogP contribution in [-0.4, -0.2) is 18.1 Å². The number of anilines is 1. The molecule has 0 aromatic carbocycles. The van der Waals surface area contributed by atoms with Gasteiger partial charge in [-0.05, 0) is 31.4 Å². The van der Waals surface area contributed by atoms with Crippen molar-refractivity contribution in [3.05, 3.63) is 24.4 Å². The van der Waals surface area contributed by atoms with Crippen molar-refractivity contribution in [3.8, 4) is 0 Å². The average Bonchev–Trinajstić information content (AvgIpc) is 2.21. The van der Waals surface area contributed by atoms with Crippen LogP contribution in [-0.2, 0) is 0 Å². The predicted octanol–water partition coefficient (Wildman–Crippen LogP) is 1.87. The van der Waals surface area contributed by atoms with Gasteiger partial charge < -0.3 is 4.90 Å². The zero-order valence-electron chi connectivity index (χ0n) is 7.16. The summed E-state index contributed by atoms with van der Waals surface area (Å²) < 4.78 is 0. The highest BCUT2D eigenvalue weighted by Crippen LogP contribution is 2.15.